The molecule has 1 aromatic heterocycles. The lowest BCUT2D eigenvalue weighted by atomic mass is 9.98. The van der Waals surface area contributed by atoms with Crippen LogP contribution in [-0.2, 0) is 22.6 Å². The maximum Gasteiger partial charge on any atom is 0.251 e. The predicted molar refractivity (Wildman–Crippen MR) is 141 cm³/mol. The highest BCUT2D eigenvalue weighted by Crippen LogP contribution is 2.26. The zero-order chi connectivity index (χ0) is 27.8. The Balaban J connectivity index is 1.49. The highest BCUT2D eigenvalue weighted by atomic mass is 19.1. The van der Waals surface area contributed by atoms with Crippen molar-refractivity contribution < 1.29 is 24.0 Å². The minimum atomic E-state index is -0.583. The van der Waals surface area contributed by atoms with Crippen molar-refractivity contribution in [2.24, 2.45) is 0 Å². The number of carbonyl (C=O) groups excluding carboxylic acids is 3. The van der Waals surface area contributed by atoms with E-state index in [2.05, 4.69) is 20.9 Å². The van der Waals surface area contributed by atoms with E-state index in [1.54, 1.807) is 11.7 Å². The number of rotatable bonds is 10. The zero-order valence-corrected chi connectivity index (χ0v) is 21.1. The molecule has 4 aromatic rings. The Morgan fingerprint density at radius 3 is 2.44 bits per heavy atom. The molecule has 1 unspecified atom stereocenters. The monoisotopic (exact) mass is 530 g/mol. The van der Waals surface area contributed by atoms with Crippen LogP contribution in [0.4, 0.5) is 10.1 Å². The van der Waals surface area contributed by atoms with E-state index in [1.807, 2.05) is 48.5 Å². The van der Waals surface area contributed by atoms with Crippen molar-refractivity contribution in [2.75, 3.05) is 5.32 Å². The van der Waals surface area contributed by atoms with Crippen LogP contribution in [0.1, 0.15) is 41.0 Å². The largest absolute Gasteiger partial charge is 0.346 e. The van der Waals surface area contributed by atoms with Gasteiger partial charge in [0.1, 0.15) is 11.5 Å². The van der Waals surface area contributed by atoms with Crippen LogP contribution >= 0.6 is 0 Å². The van der Waals surface area contributed by atoms with Gasteiger partial charge in [-0.1, -0.05) is 41.6 Å². The molecule has 3 aromatic carbocycles. The van der Waals surface area contributed by atoms with E-state index < -0.39 is 17.8 Å². The molecule has 0 spiro atoms. The van der Waals surface area contributed by atoms with Gasteiger partial charge in [-0.05, 0) is 59.5 Å². The first-order chi connectivity index (χ1) is 18.8. The molecule has 10 nitrogen and oxygen atoms in total. The van der Waals surface area contributed by atoms with Gasteiger partial charge in [-0.3, -0.25) is 19.6 Å². The normalized spacial score (nSPS) is 11.5. The van der Waals surface area contributed by atoms with Crippen molar-refractivity contribution in [1.82, 2.24) is 25.8 Å². The summed E-state index contributed by atoms with van der Waals surface area (Å²) in [6, 6.07) is 19.9. The number of amides is 3. The van der Waals surface area contributed by atoms with Crippen molar-refractivity contribution in [3.63, 3.8) is 0 Å². The number of aromatic nitrogens is 3. The topological polar surface area (TPSA) is 138 Å². The van der Waals surface area contributed by atoms with Gasteiger partial charge in [-0.2, -0.15) is 0 Å². The lowest BCUT2D eigenvalue weighted by molar-refractivity contribution is -0.130. The fraction of sp³-hybridized carbons (Fsp3) is 0.179. The standard InChI is InChI=1S/C28H27FN6O4/c1-18(36)31-24-7-3-6-22(14-24)21-5-2-4-19(12-21)13-26(15-27(37)33-39)35-17-25(32-34-35)16-30-28(38)20-8-10-23(29)11-9-20/h2-12,14,17,26,39H,13,15-16H2,1H3,(H,30,38)(H,31,36)(H,33,37). The number of nitrogens with zero attached hydrogens (tertiary/aromatic N) is 3. The third-order valence-electron chi connectivity index (χ3n) is 5.93. The molecule has 0 aliphatic rings. The number of anilines is 1. The van der Waals surface area contributed by atoms with Crippen LogP contribution in [0.3, 0.4) is 0 Å². The van der Waals surface area contributed by atoms with Crippen LogP contribution < -0.4 is 16.1 Å². The summed E-state index contributed by atoms with van der Waals surface area (Å²) in [6.45, 7) is 1.53. The number of carbonyl (C=O) groups is 3. The minimum Gasteiger partial charge on any atom is -0.346 e. The Hall–Kier alpha value is -4.90. The zero-order valence-electron chi connectivity index (χ0n) is 21.1. The molecule has 39 heavy (non-hydrogen) atoms. The van der Waals surface area contributed by atoms with Crippen LogP contribution in [0.2, 0.25) is 0 Å². The van der Waals surface area contributed by atoms with E-state index in [4.69, 9.17) is 5.21 Å². The second kappa shape index (κ2) is 12.6. The molecule has 11 heteroatoms. The SMILES string of the molecule is CC(=O)Nc1cccc(-c2cccc(CC(CC(=O)NO)n3cc(CNC(=O)c4ccc(F)cc4)nn3)c2)c1. The molecule has 0 fully saturated rings. The van der Waals surface area contributed by atoms with E-state index in [1.165, 1.54) is 35.9 Å². The number of benzene rings is 3. The summed E-state index contributed by atoms with van der Waals surface area (Å²) in [7, 11) is 0. The van der Waals surface area contributed by atoms with Gasteiger partial charge in [0.05, 0.1) is 25.2 Å². The Morgan fingerprint density at radius 1 is 1.00 bits per heavy atom. The number of halogens is 1. The van der Waals surface area contributed by atoms with Gasteiger partial charge in [0.2, 0.25) is 11.8 Å². The van der Waals surface area contributed by atoms with Crippen LogP contribution in [0.25, 0.3) is 11.1 Å². The van der Waals surface area contributed by atoms with Crippen molar-refractivity contribution in [2.45, 2.75) is 32.4 Å². The molecule has 4 rings (SSSR count). The third kappa shape index (κ3) is 7.55. The second-order valence-corrected chi connectivity index (χ2v) is 8.94. The second-order valence-electron chi connectivity index (χ2n) is 8.94. The Bertz CT molecular complexity index is 1470. The van der Waals surface area contributed by atoms with E-state index >= 15 is 0 Å². The Morgan fingerprint density at radius 2 is 1.72 bits per heavy atom. The van der Waals surface area contributed by atoms with Gasteiger partial charge in [-0.15, -0.1) is 5.10 Å². The fourth-order valence-corrected chi connectivity index (χ4v) is 4.10. The van der Waals surface area contributed by atoms with Crippen molar-refractivity contribution in [3.8, 4) is 11.1 Å². The molecule has 4 N–H and O–H groups in total. The van der Waals surface area contributed by atoms with Gasteiger partial charge in [0.25, 0.3) is 5.91 Å². The van der Waals surface area contributed by atoms with Gasteiger partial charge in [0.15, 0.2) is 0 Å². The molecular formula is C28H27FN6O4. The summed E-state index contributed by atoms with van der Waals surface area (Å²) in [5.41, 5.74) is 5.86. The first kappa shape index (κ1) is 27.1. The molecule has 3 amide bonds. The first-order valence-corrected chi connectivity index (χ1v) is 12.1. The van der Waals surface area contributed by atoms with Crippen LogP contribution in [0.15, 0.2) is 79.0 Å². The summed E-state index contributed by atoms with van der Waals surface area (Å²) in [6.07, 6.45) is 1.96. The van der Waals surface area contributed by atoms with Crippen LogP contribution in [-0.4, -0.2) is 37.9 Å². The number of hydrogen-bond acceptors (Lipinski definition) is 6. The third-order valence-corrected chi connectivity index (χ3v) is 5.93. The molecule has 200 valence electrons. The fourth-order valence-electron chi connectivity index (χ4n) is 4.10. The quantitative estimate of drug-likeness (QED) is 0.182. The molecule has 0 aliphatic heterocycles. The van der Waals surface area contributed by atoms with Crippen LogP contribution in [0.5, 0.6) is 0 Å². The van der Waals surface area contributed by atoms with Crippen LogP contribution in [0, 0.1) is 5.82 Å². The van der Waals surface area contributed by atoms with Gasteiger partial charge < -0.3 is 10.6 Å². The lowest BCUT2D eigenvalue weighted by Gasteiger charge is -2.17. The maximum absolute atomic E-state index is 13.1. The summed E-state index contributed by atoms with van der Waals surface area (Å²) < 4.78 is 14.6. The molecule has 0 bridgehead atoms. The highest BCUT2D eigenvalue weighted by molar-refractivity contribution is 5.94. The average molecular weight is 531 g/mol. The lowest BCUT2D eigenvalue weighted by Crippen LogP contribution is -2.25. The summed E-state index contributed by atoms with van der Waals surface area (Å²) >= 11 is 0. The predicted octanol–water partition coefficient (Wildman–Crippen LogP) is 3.65. The summed E-state index contributed by atoms with van der Waals surface area (Å²) in [4.78, 5) is 35.8. The number of hydrogen-bond donors (Lipinski definition) is 4. The smallest absolute Gasteiger partial charge is 0.251 e. The first-order valence-electron chi connectivity index (χ1n) is 12.1. The van der Waals surface area contributed by atoms with E-state index in [0.29, 0.717) is 23.4 Å². The Kier molecular flexibility index (Phi) is 8.75. The summed E-state index contributed by atoms with van der Waals surface area (Å²) in [5, 5.41) is 22.8. The minimum absolute atomic E-state index is 0.0660. The van der Waals surface area contributed by atoms with Crippen molar-refractivity contribution >= 4 is 23.4 Å². The molecule has 0 saturated heterocycles. The van der Waals surface area contributed by atoms with Crippen molar-refractivity contribution in [1.29, 1.82) is 0 Å². The molecule has 1 heterocycles. The summed E-state index contributed by atoms with van der Waals surface area (Å²) in [5.74, 6) is -1.56. The van der Waals surface area contributed by atoms with E-state index in [9.17, 15) is 18.8 Å². The Labute approximate surface area is 223 Å². The molecule has 0 saturated carbocycles. The number of nitrogens with one attached hydrogen (secondary N) is 3. The highest BCUT2D eigenvalue weighted by Gasteiger charge is 2.19. The molecule has 0 aliphatic carbocycles. The van der Waals surface area contributed by atoms with Gasteiger partial charge in [0, 0.05) is 18.2 Å². The maximum atomic E-state index is 13.1. The van der Waals surface area contributed by atoms with E-state index in [0.717, 1.165) is 16.7 Å². The molecular weight excluding hydrogens is 503 g/mol. The van der Waals surface area contributed by atoms with E-state index in [-0.39, 0.29) is 24.8 Å². The van der Waals surface area contributed by atoms with Gasteiger partial charge in [-0.25, -0.2) is 14.6 Å². The van der Waals surface area contributed by atoms with Crippen molar-refractivity contribution in [3.05, 3.63) is 102 Å². The average Bonchev–Trinajstić information content (AvgIpc) is 3.41. The molecule has 0 radical (unpaired) electrons. The van der Waals surface area contributed by atoms with Gasteiger partial charge >= 0.3 is 0 Å². The molecule has 1 atom stereocenters. The number of hydroxylamine groups is 1.